The SMILES string of the molecule is CCSCC(N)(C(=O)OC)c1ccccc1. The Kier molecular flexibility index (Phi) is 4.83. The maximum atomic E-state index is 11.8. The third kappa shape index (κ3) is 2.77. The van der Waals surface area contributed by atoms with Crippen LogP contribution in [0.1, 0.15) is 12.5 Å². The second kappa shape index (κ2) is 5.92. The molecule has 0 fully saturated rings. The van der Waals surface area contributed by atoms with Gasteiger partial charge in [-0.25, -0.2) is 4.79 Å². The van der Waals surface area contributed by atoms with Crippen molar-refractivity contribution in [3.8, 4) is 0 Å². The highest BCUT2D eigenvalue weighted by Crippen LogP contribution is 2.24. The molecule has 16 heavy (non-hydrogen) atoms. The molecule has 1 unspecified atom stereocenters. The molecule has 0 aromatic heterocycles. The van der Waals surface area contributed by atoms with E-state index in [9.17, 15) is 4.79 Å². The van der Waals surface area contributed by atoms with Gasteiger partial charge in [0, 0.05) is 5.75 Å². The fraction of sp³-hybridized carbons (Fsp3) is 0.417. The van der Waals surface area contributed by atoms with Gasteiger partial charge in [0.25, 0.3) is 0 Å². The van der Waals surface area contributed by atoms with Gasteiger partial charge in [-0.2, -0.15) is 11.8 Å². The van der Waals surface area contributed by atoms with Crippen LogP contribution in [0.2, 0.25) is 0 Å². The van der Waals surface area contributed by atoms with Crippen LogP contribution in [-0.4, -0.2) is 24.6 Å². The summed E-state index contributed by atoms with van der Waals surface area (Å²) in [5.74, 6) is 1.06. The summed E-state index contributed by atoms with van der Waals surface area (Å²) in [6.45, 7) is 2.04. The Morgan fingerprint density at radius 3 is 2.56 bits per heavy atom. The third-order valence-electron chi connectivity index (χ3n) is 2.37. The summed E-state index contributed by atoms with van der Waals surface area (Å²) < 4.78 is 4.79. The lowest BCUT2D eigenvalue weighted by molar-refractivity contribution is -0.146. The molecule has 0 aliphatic carbocycles. The van der Waals surface area contributed by atoms with Crippen LogP contribution in [0, 0.1) is 0 Å². The van der Waals surface area contributed by atoms with Crippen molar-refractivity contribution in [1.29, 1.82) is 0 Å². The van der Waals surface area contributed by atoms with Crippen LogP contribution in [0.15, 0.2) is 30.3 Å². The summed E-state index contributed by atoms with van der Waals surface area (Å²) >= 11 is 1.63. The average Bonchev–Trinajstić information content (AvgIpc) is 2.36. The molecule has 0 aliphatic rings. The molecule has 1 aromatic carbocycles. The zero-order chi connectivity index (χ0) is 12.0. The monoisotopic (exact) mass is 239 g/mol. The summed E-state index contributed by atoms with van der Waals surface area (Å²) in [5, 5.41) is 0. The Morgan fingerprint density at radius 2 is 2.06 bits per heavy atom. The summed E-state index contributed by atoms with van der Waals surface area (Å²) in [5.41, 5.74) is 5.91. The van der Waals surface area contributed by atoms with Gasteiger partial charge in [-0.3, -0.25) is 0 Å². The lowest BCUT2D eigenvalue weighted by Gasteiger charge is -2.26. The highest BCUT2D eigenvalue weighted by atomic mass is 32.2. The Balaban J connectivity index is 2.99. The first kappa shape index (κ1) is 13.1. The van der Waals surface area contributed by atoms with Gasteiger partial charge in [0.1, 0.15) is 5.54 Å². The van der Waals surface area contributed by atoms with Crippen LogP contribution in [0.4, 0.5) is 0 Å². The van der Waals surface area contributed by atoms with Gasteiger partial charge < -0.3 is 10.5 Å². The van der Waals surface area contributed by atoms with Gasteiger partial charge in [0.05, 0.1) is 7.11 Å². The Bertz CT molecular complexity index is 342. The van der Waals surface area contributed by atoms with E-state index in [-0.39, 0.29) is 5.97 Å². The van der Waals surface area contributed by atoms with E-state index in [4.69, 9.17) is 10.5 Å². The van der Waals surface area contributed by atoms with E-state index in [1.165, 1.54) is 7.11 Å². The van der Waals surface area contributed by atoms with Crippen molar-refractivity contribution in [2.45, 2.75) is 12.5 Å². The molecule has 1 rings (SSSR count). The molecule has 0 bridgehead atoms. The molecule has 0 amide bonds. The number of hydrogen-bond donors (Lipinski definition) is 1. The minimum absolute atomic E-state index is 0.389. The van der Waals surface area contributed by atoms with E-state index < -0.39 is 5.54 Å². The number of methoxy groups -OCH3 is 1. The largest absolute Gasteiger partial charge is 0.467 e. The Labute approximate surface area is 100 Å². The van der Waals surface area contributed by atoms with E-state index in [1.807, 2.05) is 37.3 Å². The standard InChI is InChI=1S/C12H17NO2S/c1-3-16-9-12(13,11(14)15-2)10-7-5-4-6-8-10/h4-8H,3,9,13H2,1-2H3. The van der Waals surface area contributed by atoms with Crippen molar-refractivity contribution in [1.82, 2.24) is 0 Å². The average molecular weight is 239 g/mol. The highest BCUT2D eigenvalue weighted by Gasteiger charge is 2.36. The summed E-state index contributed by atoms with van der Waals surface area (Å²) in [6.07, 6.45) is 0. The molecule has 0 spiro atoms. The summed E-state index contributed by atoms with van der Waals surface area (Å²) in [4.78, 5) is 11.8. The topological polar surface area (TPSA) is 52.3 Å². The molecule has 0 radical (unpaired) electrons. The maximum Gasteiger partial charge on any atom is 0.331 e. The minimum atomic E-state index is -1.04. The van der Waals surface area contributed by atoms with Crippen molar-refractivity contribution in [3.05, 3.63) is 35.9 Å². The quantitative estimate of drug-likeness (QED) is 0.796. The fourth-order valence-electron chi connectivity index (χ4n) is 1.44. The predicted octanol–water partition coefficient (Wildman–Crippen LogP) is 1.77. The van der Waals surface area contributed by atoms with Gasteiger partial charge in [0.15, 0.2) is 0 Å². The van der Waals surface area contributed by atoms with Crippen LogP contribution >= 0.6 is 11.8 Å². The number of benzene rings is 1. The maximum absolute atomic E-state index is 11.8. The molecule has 1 atom stereocenters. The van der Waals surface area contributed by atoms with Gasteiger partial charge >= 0.3 is 5.97 Å². The molecular formula is C12H17NO2S. The van der Waals surface area contributed by atoms with Crippen LogP contribution in [0.5, 0.6) is 0 Å². The number of nitrogens with two attached hydrogens (primary N) is 1. The smallest absolute Gasteiger partial charge is 0.331 e. The van der Waals surface area contributed by atoms with Gasteiger partial charge in [-0.15, -0.1) is 0 Å². The number of ether oxygens (including phenoxy) is 1. The van der Waals surface area contributed by atoms with Crippen LogP contribution < -0.4 is 5.73 Å². The Hall–Kier alpha value is -1.00. The molecule has 2 N–H and O–H groups in total. The van der Waals surface area contributed by atoms with E-state index in [0.29, 0.717) is 5.75 Å². The lowest BCUT2D eigenvalue weighted by atomic mass is 9.93. The van der Waals surface area contributed by atoms with Crippen molar-refractivity contribution in [3.63, 3.8) is 0 Å². The first-order valence-corrected chi connectivity index (χ1v) is 6.31. The first-order chi connectivity index (χ1) is 7.65. The number of esters is 1. The van der Waals surface area contributed by atoms with E-state index >= 15 is 0 Å². The summed E-state index contributed by atoms with van der Waals surface area (Å²) in [6, 6.07) is 9.35. The molecule has 0 saturated heterocycles. The number of carbonyl (C=O) groups is 1. The first-order valence-electron chi connectivity index (χ1n) is 5.15. The van der Waals surface area contributed by atoms with Gasteiger partial charge in [-0.05, 0) is 11.3 Å². The van der Waals surface area contributed by atoms with Gasteiger partial charge in [0.2, 0.25) is 0 Å². The number of rotatable bonds is 5. The Morgan fingerprint density at radius 1 is 1.44 bits per heavy atom. The van der Waals surface area contributed by atoms with Crippen LogP contribution in [0.25, 0.3) is 0 Å². The molecule has 0 aliphatic heterocycles. The summed E-state index contributed by atoms with van der Waals surface area (Å²) in [7, 11) is 1.36. The fourth-order valence-corrected chi connectivity index (χ4v) is 2.25. The predicted molar refractivity (Wildman–Crippen MR) is 67.3 cm³/mol. The van der Waals surface area contributed by atoms with E-state index in [2.05, 4.69) is 0 Å². The molecule has 0 saturated carbocycles. The third-order valence-corrected chi connectivity index (χ3v) is 3.44. The zero-order valence-electron chi connectivity index (χ0n) is 9.60. The molecule has 1 aromatic rings. The van der Waals surface area contributed by atoms with Gasteiger partial charge in [-0.1, -0.05) is 37.3 Å². The number of hydrogen-bond acceptors (Lipinski definition) is 4. The molecule has 3 nitrogen and oxygen atoms in total. The normalized spacial score (nSPS) is 14.2. The highest BCUT2D eigenvalue weighted by molar-refractivity contribution is 7.99. The van der Waals surface area contributed by atoms with Crippen molar-refractivity contribution >= 4 is 17.7 Å². The molecule has 4 heteroatoms. The number of thioether (sulfide) groups is 1. The molecule has 0 heterocycles. The second-order valence-electron chi connectivity index (χ2n) is 3.47. The van der Waals surface area contributed by atoms with Crippen molar-refractivity contribution in [2.24, 2.45) is 5.73 Å². The van der Waals surface area contributed by atoms with E-state index in [1.54, 1.807) is 11.8 Å². The van der Waals surface area contributed by atoms with E-state index in [0.717, 1.165) is 11.3 Å². The second-order valence-corrected chi connectivity index (χ2v) is 4.74. The lowest BCUT2D eigenvalue weighted by Crippen LogP contribution is -2.48. The van der Waals surface area contributed by atoms with Crippen LogP contribution in [-0.2, 0) is 15.1 Å². The van der Waals surface area contributed by atoms with Crippen molar-refractivity contribution < 1.29 is 9.53 Å². The molecular weight excluding hydrogens is 222 g/mol. The van der Waals surface area contributed by atoms with Crippen LogP contribution in [0.3, 0.4) is 0 Å². The minimum Gasteiger partial charge on any atom is -0.467 e. The zero-order valence-corrected chi connectivity index (χ0v) is 10.4. The number of carbonyl (C=O) groups excluding carboxylic acids is 1. The molecule has 88 valence electrons. The van der Waals surface area contributed by atoms with Crippen molar-refractivity contribution in [2.75, 3.05) is 18.6 Å².